The van der Waals surface area contributed by atoms with Crippen LogP contribution in [-0.4, -0.2) is 24.8 Å². The molecular weight excluding hydrogens is 448 g/mol. The normalized spacial score (nSPS) is 16.3. The van der Waals surface area contributed by atoms with Crippen LogP contribution in [0, 0.1) is 5.41 Å². The Hall–Kier alpha value is -3.50. The molecule has 1 aliphatic rings. The third kappa shape index (κ3) is 4.59. The van der Waals surface area contributed by atoms with E-state index in [4.69, 9.17) is 14.7 Å². The minimum atomic E-state index is -0.685. The molecule has 0 unspecified atom stereocenters. The fraction of sp³-hybridized carbons (Fsp3) is 0.226. The van der Waals surface area contributed by atoms with Crippen LogP contribution >= 0.6 is 11.3 Å². The quantitative estimate of drug-likeness (QED) is 0.211. The summed E-state index contributed by atoms with van der Waals surface area (Å²) >= 11 is 1.65. The first-order chi connectivity index (χ1) is 17.0. The third-order valence-electron chi connectivity index (χ3n) is 6.51. The molecule has 1 aromatic heterocycles. The Balaban J connectivity index is 1.65. The van der Waals surface area contributed by atoms with Gasteiger partial charge in [0.1, 0.15) is 12.1 Å². The summed E-state index contributed by atoms with van der Waals surface area (Å²) in [5.74, 6) is 0.728. The van der Waals surface area contributed by atoms with Crippen molar-refractivity contribution in [2.45, 2.75) is 32.4 Å². The molecule has 4 aromatic rings. The van der Waals surface area contributed by atoms with E-state index in [0.29, 0.717) is 6.61 Å². The standard InChI is InChI=1S/C31H30N2OS/c1-30(2,3)27-22-34-29(33-27)28-23(19-20-35-28)21-32-31(24-13-7-4-8-14-24,25-15-9-5-10-16-25)26-17-11-6-12-18-26/h4-21,27H,22H2,1-3H3/t27-/m1/s1. The number of aliphatic imine (C=N–C) groups is 2. The maximum Gasteiger partial charge on any atom is 0.227 e. The Morgan fingerprint density at radius 3 is 1.77 bits per heavy atom. The molecule has 0 spiro atoms. The van der Waals surface area contributed by atoms with Crippen molar-refractivity contribution < 1.29 is 4.74 Å². The SMILES string of the molecule is CC(C)(C)[C@H]1COC(c2sccc2C=NC(c2ccccc2)(c2ccccc2)c2ccccc2)=N1. The smallest absolute Gasteiger partial charge is 0.227 e. The molecule has 0 saturated carbocycles. The van der Waals surface area contributed by atoms with Gasteiger partial charge in [0.25, 0.3) is 0 Å². The molecule has 0 saturated heterocycles. The zero-order valence-electron chi connectivity index (χ0n) is 20.4. The second-order valence-electron chi connectivity index (χ2n) is 9.90. The van der Waals surface area contributed by atoms with Gasteiger partial charge in [0.15, 0.2) is 0 Å². The lowest BCUT2D eigenvalue weighted by molar-refractivity contribution is 0.236. The first-order valence-corrected chi connectivity index (χ1v) is 12.9. The van der Waals surface area contributed by atoms with Crippen LogP contribution in [0.2, 0.25) is 0 Å². The zero-order valence-corrected chi connectivity index (χ0v) is 21.2. The predicted molar refractivity (Wildman–Crippen MR) is 147 cm³/mol. The van der Waals surface area contributed by atoms with Gasteiger partial charge >= 0.3 is 0 Å². The molecule has 0 radical (unpaired) electrons. The van der Waals surface area contributed by atoms with E-state index < -0.39 is 5.54 Å². The highest BCUT2D eigenvalue weighted by Gasteiger charge is 2.36. The van der Waals surface area contributed by atoms with Crippen LogP contribution in [0.1, 0.15) is 47.9 Å². The highest BCUT2D eigenvalue weighted by atomic mass is 32.1. The van der Waals surface area contributed by atoms with Crippen molar-refractivity contribution in [2.75, 3.05) is 6.61 Å². The Morgan fingerprint density at radius 2 is 1.31 bits per heavy atom. The van der Waals surface area contributed by atoms with E-state index in [1.165, 1.54) is 0 Å². The van der Waals surface area contributed by atoms with Crippen LogP contribution in [0.5, 0.6) is 0 Å². The van der Waals surface area contributed by atoms with E-state index in [9.17, 15) is 0 Å². The average molecular weight is 479 g/mol. The largest absolute Gasteiger partial charge is 0.475 e. The van der Waals surface area contributed by atoms with Gasteiger partial charge < -0.3 is 4.74 Å². The van der Waals surface area contributed by atoms with Crippen molar-refractivity contribution in [1.82, 2.24) is 0 Å². The van der Waals surface area contributed by atoms with E-state index in [-0.39, 0.29) is 11.5 Å². The monoisotopic (exact) mass is 478 g/mol. The molecule has 2 heterocycles. The van der Waals surface area contributed by atoms with E-state index in [2.05, 4.69) is 105 Å². The van der Waals surface area contributed by atoms with Gasteiger partial charge in [-0.25, -0.2) is 4.99 Å². The lowest BCUT2D eigenvalue weighted by atomic mass is 9.77. The summed E-state index contributed by atoms with van der Waals surface area (Å²) < 4.78 is 6.06. The van der Waals surface area contributed by atoms with Crippen molar-refractivity contribution >= 4 is 23.4 Å². The second kappa shape index (κ2) is 9.63. The van der Waals surface area contributed by atoms with Gasteiger partial charge in [-0.1, -0.05) is 112 Å². The number of thiophene rings is 1. The molecule has 3 nitrogen and oxygen atoms in total. The molecule has 0 aliphatic carbocycles. The fourth-order valence-electron chi connectivity index (χ4n) is 4.46. The number of hydrogen-bond acceptors (Lipinski definition) is 4. The lowest BCUT2D eigenvalue weighted by Gasteiger charge is -2.32. The van der Waals surface area contributed by atoms with Crippen LogP contribution in [-0.2, 0) is 10.3 Å². The van der Waals surface area contributed by atoms with Gasteiger partial charge in [-0.2, -0.15) is 0 Å². The summed E-state index contributed by atoms with van der Waals surface area (Å²) in [5, 5.41) is 2.09. The highest BCUT2D eigenvalue weighted by Crippen LogP contribution is 2.40. The van der Waals surface area contributed by atoms with Gasteiger partial charge in [-0.15, -0.1) is 11.3 Å². The Morgan fingerprint density at radius 1 is 0.800 bits per heavy atom. The Labute approximate surface area is 211 Å². The van der Waals surface area contributed by atoms with Gasteiger partial charge in [-0.05, 0) is 33.6 Å². The third-order valence-corrected chi connectivity index (χ3v) is 7.43. The Kier molecular flexibility index (Phi) is 6.40. The van der Waals surface area contributed by atoms with Crippen molar-refractivity contribution in [1.29, 1.82) is 0 Å². The molecule has 3 aromatic carbocycles. The molecule has 0 amide bonds. The second-order valence-corrected chi connectivity index (χ2v) is 10.8. The zero-order chi connectivity index (χ0) is 24.3. The van der Waals surface area contributed by atoms with E-state index >= 15 is 0 Å². The maximum absolute atomic E-state index is 6.06. The fourth-order valence-corrected chi connectivity index (χ4v) is 5.28. The van der Waals surface area contributed by atoms with E-state index in [1.54, 1.807) is 11.3 Å². The van der Waals surface area contributed by atoms with Crippen LogP contribution in [0.3, 0.4) is 0 Å². The lowest BCUT2D eigenvalue weighted by Crippen LogP contribution is -2.27. The van der Waals surface area contributed by atoms with Crippen LogP contribution in [0.25, 0.3) is 0 Å². The molecule has 0 bridgehead atoms. The predicted octanol–water partition coefficient (Wildman–Crippen LogP) is 7.35. The minimum absolute atomic E-state index is 0.0658. The number of rotatable bonds is 6. The molecular formula is C31H30N2OS. The van der Waals surface area contributed by atoms with Crippen LogP contribution in [0.4, 0.5) is 0 Å². The van der Waals surface area contributed by atoms with Crippen LogP contribution < -0.4 is 0 Å². The molecule has 4 heteroatoms. The maximum atomic E-state index is 6.06. The van der Waals surface area contributed by atoms with E-state index in [0.717, 1.165) is 33.0 Å². The molecule has 5 rings (SSSR count). The molecule has 0 N–H and O–H groups in total. The molecule has 35 heavy (non-hydrogen) atoms. The first-order valence-electron chi connectivity index (χ1n) is 12.0. The van der Waals surface area contributed by atoms with E-state index in [1.807, 2.05) is 24.4 Å². The average Bonchev–Trinajstić information content (AvgIpc) is 3.56. The van der Waals surface area contributed by atoms with Crippen molar-refractivity contribution in [2.24, 2.45) is 15.4 Å². The van der Waals surface area contributed by atoms with Crippen LogP contribution in [0.15, 0.2) is 112 Å². The molecule has 1 aliphatic heterocycles. The number of ether oxygens (including phenoxy) is 1. The first kappa shape index (κ1) is 23.3. The summed E-state index contributed by atoms with van der Waals surface area (Å²) in [5.41, 5.74) is 3.76. The number of benzene rings is 3. The topological polar surface area (TPSA) is 34.0 Å². The van der Waals surface area contributed by atoms with Gasteiger partial charge in [-0.3, -0.25) is 4.99 Å². The van der Waals surface area contributed by atoms with Gasteiger partial charge in [0, 0.05) is 11.8 Å². The molecule has 0 fully saturated rings. The minimum Gasteiger partial charge on any atom is -0.475 e. The summed E-state index contributed by atoms with van der Waals surface area (Å²) in [6.07, 6.45) is 2.00. The van der Waals surface area contributed by atoms with Gasteiger partial charge in [0.2, 0.25) is 5.90 Å². The Bertz CT molecular complexity index is 1220. The van der Waals surface area contributed by atoms with Crippen molar-refractivity contribution in [3.8, 4) is 0 Å². The van der Waals surface area contributed by atoms with Crippen molar-refractivity contribution in [3.05, 3.63) is 130 Å². The number of nitrogens with zero attached hydrogens (tertiary/aromatic N) is 2. The van der Waals surface area contributed by atoms with Crippen molar-refractivity contribution in [3.63, 3.8) is 0 Å². The summed E-state index contributed by atoms with van der Waals surface area (Å²) in [4.78, 5) is 11.3. The molecule has 176 valence electrons. The summed E-state index contributed by atoms with van der Waals surface area (Å²) in [6, 6.07) is 33.8. The summed E-state index contributed by atoms with van der Waals surface area (Å²) in [6.45, 7) is 7.24. The highest BCUT2D eigenvalue weighted by molar-refractivity contribution is 7.12. The number of hydrogen-bond donors (Lipinski definition) is 0. The van der Waals surface area contributed by atoms with Gasteiger partial charge in [0.05, 0.1) is 10.9 Å². The molecule has 1 atom stereocenters. The summed E-state index contributed by atoms with van der Waals surface area (Å²) in [7, 11) is 0.